The van der Waals surface area contributed by atoms with Crippen LogP contribution in [0, 0.1) is 5.41 Å². The molecule has 0 aromatic carbocycles. The van der Waals surface area contributed by atoms with Crippen LogP contribution in [0.5, 0.6) is 0 Å². The zero-order valence-corrected chi connectivity index (χ0v) is 8.63. The highest BCUT2D eigenvalue weighted by atomic mass is 35.5. The van der Waals surface area contributed by atoms with Crippen molar-refractivity contribution >= 4 is 12.4 Å². The summed E-state index contributed by atoms with van der Waals surface area (Å²) in [5.41, 5.74) is 0.502. The van der Waals surface area contributed by atoms with Crippen molar-refractivity contribution in [2.24, 2.45) is 5.41 Å². The zero-order chi connectivity index (χ0) is 7.61. The summed E-state index contributed by atoms with van der Waals surface area (Å²) in [6, 6.07) is 0.806. The zero-order valence-electron chi connectivity index (χ0n) is 7.81. The molecule has 1 heterocycles. The van der Waals surface area contributed by atoms with Crippen LogP contribution >= 0.6 is 12.4 Å². The van der Waals surface area contributed by atoms with E-state index in [1.807, 2.05) is 0 Å². The van der Waals surface area contributed by atoms with E-state index in [-0.39, 0.29) is 12.4 Å². The fraction of sp³-hybridized carbons (Fsp3) is 1.00. The SMILES string of the molecule is CC(C)(C)CC1CCCN1.Cl. The van der Waals surface area contributed by atoms with Gasteiger partial charge in [0.2, 0.25) is 0 Å². The number of rotatable bonds is 1. The van der Waals surface area contributed by atoms with E-state index in [1.165, 1.54) is 25.8 Å². The summed E-state index contributed by atoms with van der Waals surface area (Å²) in [5, 5.41) is 3.51. The van der Waals surface area contributed by atoms with Crippen LogP contribution < -0.4 is 5.32 Å². The van der Waals surface area contributed by atoms with Crippen molar-refractivity contribution < 1.29 is 0 Å². The van der Waals surface area contributed by atoms with E-state index in [4.69, 9.17) is 0 Å². The molecule has 1 N–H and O–H groups in total. The van der Waals surface area contributed by atoms with Crippen LogP contribution in [-0.2, 0) is 0 Å². The molecule has 1 saturated heterocycles. The molecular weight excluding hydrogens is 158 g/mol. The van der Waals surface area contributed by atoms with Crippen LogP contribution in [0.15, 0.2) is 0 Å². The van der Waals surface area contributed by atoms with Gasteiger partial charge in [-0.05, 0) is 31.2 Å². The standard InChI is InChI=1S/C9H19N.ClH/c1-9(2,3)7-8-5-4-6-10-8;/h8,10H,4-7H2,1-3H3;1H. The first-order valence-corrected chi connectivity index (χ1v) is 4.31. The minimum atomic E-state index is 0. The highest BCUT2D eigenvalue weighted by molar-refractivity contribution is 5.85. The lowest BCUT2D eigenvalue weighted by molar-refractivity contribution is 0.325. The van der Waals surface area contributed by atoms with Gasteiger partial charge in [-0.1, -0.05) is 20.8 Å². The minimum absolute atomic E-state index is 0. The van der Waals surface area contributed by atoms with E-state index in [0.29, 0.717) is 5.41 Å². The molecule has 1 rings (SSSR count). The average molecular weight is 178 g/mol. The van der Waals surface area contributed by atoms with Crippen molar-refractivity contribution in [3.8, 4) is 0 Å². The average Bonchev–Trinajstić information content (AvgIpc) is 2.12. The lowest BCUT2D eigenvalue weighted by atomic mass is 9.88. The Hall–Kier alpha value is 0.250. The summed E-state index contributed by atoms with van der Waals surface area (Å²) < 4.78 is 0. The van der Waals surface area contributed by atoms with Gasteiger partial charge in [0.05, 0.1) is 0 Å². The molecule has 0 radical (unpaired) electrons. The first kappa shape index (κ1) is 11.2. The number of hydrogen-bond acceptors (Lipinski definition) is 1. The van der Waals surface area contributed by atoms with Crippen LogP contribution in [0.1, 0.15) is 40.0 Å². The Morgan fingerprint density at radius 2 is 2.00 bits per heavy atom. The van der Waals surface area contributed by atoms with Gasteiger partial charge < -0.3 is 5.32 Å². The van der Waals surface area contributed by atoms with Crippen molar-refractivity contribution in [2.45, 2.75) is 46.1 Å². The minimum Gasteiger partial charge on any atom is -0.314 e. The number of halogens is 1. The van der Waals surface area contributed by atoms with E-state index in [9.17, 15) is 0 Å². The first-order chi connectivity index (χ1) is 4.58. The number of hydrogen-bond donors (Lipinski definition) is 1. The molecule has 0 spiro atoms. The van der Waals surface area contributed by atoms with E-state index in [0.717, 1.165) is 6.04 Å². The first-order valence-electron chi connectivity index (χ1n) is 4.31. The van der Waals surface area contributed by atoms with Crippen molar-refractivity contribution in [1.29, 1.82) is 0 Å². The monoisotopic (exact) mass is 177 g/mol. The second-order valence-corrected chi connectivity index (χ2v) is 4.56. The smallest absolute Gasteiger partial charge is 0.00725 e. The molecule has 0 saturated carbocycles. The Labute approximate surface area is 76.4 Å². The molecule has 0 amide bonds. The lowest BCUT2D eigenvalue weighted by Crippen LogP contribution is -2.26. The quantitative estimate of drug-likeness (QED) is 0.650. The van der Waals surface area contributed by atoms with Crippen LogP contribution in [0.3, 0.4) is 0 Å². The van der Waals surface area contributed by atoms with E-state index < -0.39 is 0 Å². The van der Waals surface area contributed by atoms with Gasteiger partial charge in [0.15, 0.2) is 0 Å². The van der Waals surface area contributed by atoms with Gasteiger partial charge in [-0.25, -0.2) is 0 Å². The molecule has 0 aromatic heterocycles. The molecular formula is C9H20ClN. The van der Waals surface area contributed by atoms with E-state index in [2.05, 4.69) is 26.1 Å². The topological polar surface area (TPSA) is 12.0 Å². The largest absolute Gasteiger partial charge is 0.314 e. The van der Waals surface area contributed by atoms with Gasteiger partial charge >= 0.3 is 0 Å². The Balaban J connectivity index is 0.000001000. The predicted molar refractivity (Wildman–Crippen MR) is 52.3 cm³/mol. The van der Waals surface area contributed by atoms with Gasteiger partial charge in [0, 0.05) is 6.04 Å². The van der Waals surface area contributed by atoms with Crippen LogP contribution in [0.2, 0.25) is 0 Å². The molecule has 1 aliphatic rings. The van der Waals surface area contributed by atoms with Gasteiger partial charge in [0.25, 0.3) is 0 Å². The Morgan fingerprint density at radius 3 is 2.36 bits per heavy atom. The molecule has 1 aliphatic heterocycles. The van der Waals surface area contributed by atoms with Gasteiger partial charge in [-0.15, -0.1) is 12.4 Å². The van der Waals surface area contributed by atoms with Crippen LogP contribution in [-0.4, -0.2) is 12.6 Å². The van der Waals surface area contributed by atoms with Crippen LogP contribution in [0.4, 0.5) is 0 Å². The van der Waals surface area contributed by atoms with Gasteiger partial charge in [-0.3, -0.25) is 0 Å². The molecule has 0 aromatic rings. The molecule has 0 bridgehead atoms. The molecule has 1 unspecified atom stereocenters. The molecule has 1 nitrogen and oxygen atoms in total. The third-order valence-electron chi connectivity index (χ3n) is 2.02. The molecule has 68 valence electrons. The predicted octanol–water partition coefficient (Wildman–Crippen LogP) is 2.60. The normalized spacial score (nSPS) is 24.8. The maximum atomic E-state index is 3.51. The third kappa shape index (κ3) is 4.65. The lowest BCUT2D eigenvalue weighted by Gasteiger charge is -2.22. The Bertz CT molecular complexity index is 101. The fourth-order valence-electron chi connectivity index (χ4n) is 1.67. The third-order valence-corrected chi connectivity index (χ3v) is 2.02. The fourth-order valence-corrected chi connectivity index (χ4v) is 1.67. The molecule has 1 atom stereocenters. The highest BCUT2D eigenvalue weighted by Gasteiger charge is 2.20. The summed E-state index contributed by atoms with van der Waals surface area (Å²) in [5.74, 6) is 0. The van der Waals surface area contributed by atoms with Crippen molar-refractivity contribution in [3.05, 3.63) is 0 Å². The second-order valence-electron chi connectivity index (χ2n) is 4.56. The van der Waals surface area contributed by atoms with Crippen molar-refractivity contribution in [3.63, 3.8) is 0 Å². The van der Waals surface area contributed by atoms with Gasteiger partial charge in [0.1, 0.15) is 0 Å². The summed E-state index contributed by atoms with van der Waals surface area (Å²) in [7, 11) is 0. The van der Waals surface area contributed by atoms with E-state index in [1.54, 1.807) is 0 Å². The maximum Gasteiger partial charge on any atom is 0.00725 e. The van der Waals surface area contributed by atoms with Crippen molar-refractivity contribution in [1.82, 2.24) is 5.32 Å². The second kappa shape index (κ2) is 4.32. The van der Waals surface area contributed by atoms with Crippen LogP contribution in [0.25, 0.3) is 0 Å². The molecule has 11 heavy (non-hydrogen) atoms. The summed E-state index contributed by atoms with van der Waals surface area (Å²) in [6.07, 6.45) is 4.09. The molecule has 2 heteroatoms. The summed E-state index contributed by atoms with van der Waals surface area (Å²) in [4.78, 5) is 0. The molecule has 0 aliphatic carbocycles. The number of nitrogens with one attached hydrogen (secondary N) is 1. The maximum absolute atomic E-state index is 3.51. The Morgan fingerprint density at radius 1 is 1.36 bits per heavy atom. The molecule has 1 fully saturated rings. The van der Waals surface area contributed by atoms with E-state index >= 15 is 0 Å². The summed E-state index contributed by atoms with van der Waals surface area (Å²) >= 11 is 0. The summed E-state index contributed by atoms with van der Waals surface area (Å²) in [6.45, 7) is 8.17. The van der Waals surface area contributed by atoms with Crippen molar-refractivity contribution in [2.75, 3.05) is 6.54 Å². The highest BCUT2D eigenvalue weighted by Crippen LogP contribution is 2.24. The van der Waals surface area contributed by atoms with Gasteiger partial charge in [-0.2, -0.15) is 0 Å². The Kier molecular flexibility index (Phi) is 4.42.